The summed E-state index contributed by atoms with van der Waals surface area (Å²) in [6, 6.07) is -0.144. The minimum Gasteiger partial charge on any atom is -0.302 e. The molecule has 0 saturated carbocycles. The first-order valence-electron chi connectivity index (χ1n) is 9.33. The normalized spacial score (nSPS) is 12.3. The van der Waals surface area contributed by atoms with Crippen molar-refractivity contribution in [2.24, 2.45) is 0 Å². The van der Waals surface area contributed by atoms with E-state index in [4.69, 9.17) is 0 Å². The van der Waals surface area contributed by atoms with Gasteiger partial charge in [0.2, 0.25) is 0 Å². The van der Waals surface area contributed by atoms with Gasteiger partial charge in [0.25, 0.3) is 22.7 Å². The Morgan fingerprint density at radius 3 is 1.21 bits per heavy atom. The summed E-state index contributed by atoms with van der Waals surface area (Å²) < 4.78 is 101. The van der Waals surface area contributed by atoms with Crippen molar-refractivity contribution < 1.29 is 64.5 Å². The van der Waals surface area contributed by atoms with Gasteiger partial charge in [-0.25, -0.2) is 4.57 Å². The lowest BCUT2D eigenvalue weighted by Crippen LogP contribution is -2.14. The van der Waals surface area contributed by atoms with Gasteiger partial charge in [-0.15, -0.1) is 0 Å². The molecule has 0 spiro atoms. The molecule has 16 nitrogen and oxygen atoms in total. The van der Waals surface area contributed by atoms with Gasteiger partial charge in [-0.05, 0) is 0 Å². The van der Waals surface area contributed by atoms with Crippen LogP contribution in [-0.4, -0.2) is 24.6 Å². The van der Waals surface area contributed by atoms with Crippen LogP contribution in [0.3, 0.4) is 0 Å². The molecule has 212 valence electrons. The fraction of sp³-hybridized carbons (Fsp3) is 0.250. The van der Waals surface area contributed by atoms with Crippen LogP contribution in [0.5, 0.6) is 0 Å². The van der Waals surface area contributed by atoms with E-state index in [9.17, 15) is 76.3 Å². The SMILES string of the molecule is O=[N+]([O-])c1cc([N+](=O)[O-])c(COP(=O)(O)OCc2c([N+](=O)[O-])cc([N+](=O)[O-])cc2C(F)(F)F)c(C(F)(F)F)c1. The number of nitrogens with zero attached hydrogens (tertiary/aromatic N) is 4. The largest absolute Gasteiger partial charge is 0.472 e. The monoisotopic (exact) mass is 594 g/mol. The molecule has 2 aromatic carbocycles. The molecule has 0 atom stereocenters. The summed E-state index contributed by atoms with van der Waals surface area (Å²) in [5.74, 6) is 0. The zero-order chi connectivity index (χ0) is 30.1. The Kier molecular flexibility index (Phi) is 8.60. The summed E-state index contributed by atoms with van der Waals surface area (Å²) in [7, 11) is -5.78. The second-order valence-electron chi connectivity index (χ2n) is 7.02. The molecule has 2 aromatic rings. The molecular formula is C16H9F6N4O12P. The molecule has 0 fully saturated rings. The third-order valence-electron chi connectivity index (χ3n) is 4.59. The smallest absolute Gasteiger partial charge is 0.302 e. The first-order valence-corrected chi connectivity index (χ1v) is 10.8. The predicted molar refractivity (Wildman–Crippen MR) is 109 cm³/mol. The molecule has 0 aromatic heterocycles. The van der Waals surface area contributed by atoms with Crippen LogP contribution >= 0.6 is 7.82 Å². The van der Waals surface area contributed by atoms with Crippen LogP contribution in [-0.2, 0) is 39.2 Å². The van der Waals surface area contributed by atoms with Crippen molar-refractivity contribution in [3.8, 4) is 0 Å². The van der Waals surface area contributed by atoms with Crippen molar-refractivity contribution in [1.82, 2.24) is 0 Å². The van der Waals surface area contributed by atoms with E-state index in [1.807, 2.05) is 0 Å². The highest BCUT2D eigenvalue weighted by molar-refractivity contribution is 7.47. The van der Waals surface area contributed by atoms with Crippen LogP contribution in [0.4, 0.5) is 49.1 Å². The topological polar surface area (TPSA) is 228 Å². The molecule has 2 rings (SSSR count). The van der Waals surface area contributed by atoms with Gasteiger partial charge >= 0.3 is 20.2 Å². The Morgan fingerprint density at radius 1 is 0.667 bits per heavy atom. The van der Waals surface area contributed by atoms with E-state index < -0.39 is 98.1 Å². The zero-order valence-corrected chi connectivity index (χ0v) is 19.1. The number of hydrogen-bond donors (Lipinski definition) is 1. The van der Waals surface area contributed by atoms with Gasteiger partial charge in [0.15, 0.2) is 0 Å². The van der Waals surface area contributed by atoms with Crippen molar-refractivity contribution in [3.05, 3.63) is 87.0 Å². The molecule has 0 aliphatic heterocycles. The Hall–Kier alpha value is -4.27. The van der Waals surface area contributed by atoms with Crippen LogP contribution in [0.25, 0.3) is 0 Å². The quantitative estimate of drug-likeness (QED) is 0.162. The maximum atomic E-state index is 13.4. The molecule has 0 bridgehead atoms. The number of nitro groups is 4. The van der Waals surface area contributed by atoms with Gasteiger partial charge in [0.1, 0.15) is 0 Å². The van der Waals surface area contributed by atoms with E-state index in [1.54, 1.807) is 0 Å². The molecule has 0 radical (unpaired) electrons. The second-order valence-corrected chi connectivity index (χ2v) is 8.47. The Bertz CT molecular complexity index is 1310. The molecule has 0 heterocycles. The highest BCUT2D eigenvalue weighted by Crippen LogP contribution is 2.49. The highest BCUT2D eigenvalue weighted by atomic mass is 31.2. The summed E-state index contributed by atoms with van der Waals surface area (Å²) >= 11 is 0. The molecule has 0 amide bonds. The molecule has 0 aliphatic rings. The van der Waals surface area contributed by atoms with Gasteiger partial charge < -0.3 is 4.89 Å². The van der Waals surface area contributed by atoms with Gasteiger partial charge in [0, 0.05) is 12.1 Å². The lowest BCUT2D eigenvalue weighted by atomic mass is 10.0. The fourth-order valence-corrected chi connectivity index (χ4v) is 3.62. The minimum atomic E-state index is -5.78. The van der Waals surface area contributed by atoms with Crippen LogP contribution in [0.2, 0.25) is 0 Å². The maximum Gasteiger partial charge on any atom is 0.472 e. The first-order chi connectivity index (χ1) is 17.7. The van der Waals surface area contributed by atoms with E-state index in [1.165, 1.54) is 0 Å². The molecular weight excluding hydrogens is 585 g/mol. The van der Waals surface area contributed by atoms with Crippen molar-refractivity contribution in [2.45, 2.75) is 25.6 Å². The van der Waals surface area contributed by atoms with E-state index in [0.29, 0.717) is 0 Å². The number of alkyl halides is 6. The minimum absolute atomic E-state index is 0.0763. The predicted octanol–water partition coefficient (Wildman–Crippen LogP) is 5.19. The van der Waals surface area contributed by atoms with Gasteiger partial charge in [-0.2, -0.15) is 26.3 Å². The van der Waals surface area contributed by atoms with Crippen LogP contribution < -0.4 is 0 Å². The summed E-state index contributed by atoms with van der Waals surface area (Å²) in [5, 5.41) is 44.1. The van der Waals surface area contributed by atoms with Crippen LogP contribution in [0.1, 0.15) is 22.3 Å². The number of halogens is 6. The van der Waals surface area contributed by atoms with Gasteiger partial charge in [-0.3, -0.25) is 49.5 Å². The number of benzene rings is 2. The van der Waals surface area contributed by atoms with E-state index in [0.717, 1.165) is 0 Å². The average molecular weight is 594 g/mol. The van der Waals surface area contributed by atoms with E-state index >= 15 is 0 Å². The first kappa shape index (κ1) is 31.0. The number of phosphoric ester groups is 1. The molecule has 39 heavy (non-hydrogen) atoms. The van der Waals surface area contributed by atoms with Crippen LogP contribution in [0.15, 0.2) is 24.3 Å². The molecule has 0 aliphatic carbocycles. The molecule has 0 saturated heterocycles. The standard InChI is InChI=1S/C16H9F6N4O12P/c17-15(18,19)11-1-7(23(27)28)3-13(25(31)32)9(11)5-37-39(35,36)38-6-10-12(16(20,21)22)2-8(24(29)30)4-14(10)26(33)34/h1-4H,5-6H2,(H,35,36). The number of rotatable bonds is 10. The number of phosphoric acid groups is 1. The molecule has 1 N–H and O–H groups in total. The van der Waals surface area contributed by atoms with Crippen molar-refractivity contribution >= 4 is 30.6 Å². The second kappa shape index (κ2) is 10.8. The summed E-state index contributed by atoms with van der Waals surface area (Å²) in [4.78, 5) is 48.0. The average Bonchev–Trinajstić information content (AvgIpc) is 2.78. The Morgan fingerprint density at radius 2 is 0.974 bits per heavy atom. The Balaban J connectivity index is 2.48. The zero-order valence-electron chi connectivity index (χ0n) is 18.2. The lowest BCUT2D eigenvalue weighted by molar-refractivity contribution is -0.395. The third kappa shape index (κ3) is 7.40. The van der Waals surface area contributed by atoms with Crippen molar-refractivity contribution in [2.75, 3.05) is 0 Å². The third-order valence-corrected chi connectivity index (χ3v) is 5.50. The lowest BCUT2D eigenvalue weighted by Gasteiger charge is -2.17. The number of non-ortho nitro benzene ring substituents is 2. The van der Waals surface area contributed by atoms with E-state index in [2.05, 4.69) is 9.05 Å². The summed E-state index contributed by atoms with van der Waals surface area (Å²) in [5.41, 5.74) is -13.0. The van der Waals surface area contributed by atoms with Crippen molar-refractivity contribution in [1.29, 1.82) is 0 Å². The molecule has 0 unspecified atom stereocenters. The Labute approximate surface area is 208 Å². The summed E-state index contributed by atoms with van der Waals surface area (Å²) in [6.07, 6.45) is -11.0. The van der Waals surface area contributed by atoms with Crippen LogP contribution in [0, 0.1) is 40.5 Å². The van der Waals surface area contributed by atoms with Gasteiger partial charge in [-0.1, -0.05) is 0 Å². The fourth-order valence-electron chi connectivity index (χ4n) is 2.96. The van der Waals surface area contributed by atoms with Crippen molar-refractivity contribution in [3.63, 3.8) is 0 Å². The maximum absolute atomic E-state index is 13.4. The van der Waals surface area contributed by atoms with E-state index in [-0.39, 0.29) is 24.3 Å². The number of hydrogen-bond acceptors (Lipinski definition) is 11. The number of nitro benzene ring substituents is 4. The summed E-state index contributed by atoms with van der Waals surface area (Å²) in [6.45, 7) is -3.60. The molecule has 23 heteroatoms. The van der Waals surface area contributed by atoms with Gasteiger partial charge in [0.05, 0.1) is 67.3 Å². The highest BCUT2D eigenvalue weighted by Gasteiger charge is 2.42.